The number of methoxy groups -OCH3 is 1. The van der Waals surface area contributed by atoms with Crippen LogP contribution in [0.4, 0.5) is 0 Å². The summed E-state index contributed by atoms with van der Waals surface area (Å²) in [4.78, 5) is 10.2. The van der Waals surface area contributed by atoms with E-state index in [9.17, 15) is 4.79 Å². The van der Waals surface area contributed by atoms with Gasteiger partial charge in [-0.05, 0) is 68.4 Å². The van der Waals surface area contributed by atoms with Gasteiger partial charge < -0.3 is 14.6 Å². The van der Waals surface area contributed by atoms with E-state index < -0.39 is 12.1 Å². The van der Waals surface area contributed by atoms with Gasteiger partial charge in [0.25, 0.3) is 0 Å². The molecule has 1 atom stereocenters. The van der Waals surface area contributed by atoms with Crippen molar-refractivity contribution in [2.24, 2.45) is 0 Å². The Labute approximate surface area is 289 Å². The van der Waals surface area contributed by atoms with E-state index in [-0.39, 0.29) is 13.2 Å². The van der Waals surface area contributed by atoms with E-state index in [1.54, 1.807) is 0 Å². The Morgan fingerprint density at radius 1 is 0.542 bits per heavy atom. The molecule has 0 aliphatic carbocycles. The van der Waals surface area contributed by atoms with E-state index in [2.05, 4.69) is 157 Å². The van der Waals surface area contributed by atoms with Gasteiger partial charge in [-0.3, -0.25) is 4.79 Å². The Balaban J connectivity index is 0.000000313. The summed E-state index contributed by atoms with van der Waals surface area (Å²) in [5.41, 5.74) is 2.86. The highest BCUT2D eigenvalue weighted by Gasteiger charge is 2.04. The van der Waals surface area contributed by atoms with Crippen LogP contribution in [0.5, 0.6) is 0 Å². The number of esters is 1. The molecule has 256 valence electrons. The van der Waals surface area contributed by atoms with Gasteiger partial charge in [-0.2, -0.15) is 0 Å². The predicted molar refractivity (Wildman–Crippen MR) is 208 cm³/mol. The Morgan fingerprint density at radius 2 is 0.833 bits per heavy atom. The summed E-state index contributed by atoms with van der Waals surface area (Å²) in [6.07, 6.45) is 1.57. The second kappa shape index (κ2) is 25.6. The van der Waals surface area contributed by atoms with Crippen molar-refractivity contribution >= 4 is 38.3 Å². The molecule has 4 nitrogen and oxygen atoms in total. The van der Waals surface area contributed by atoms with Crippen LogP contribution in [-0.2, 0) is 27.1 Å². The summed E-state index contributed by atoms with van der Waals surface area (Å²) in [6, 6.07) is 47.0. The lowest BCUT2D eigenvalue weighted by molar-refractivity contribution is -0.144. The maximum absolute atomic E-state index is 10.2. The standard InChI is InChI=1S/C14H10.C10H8.C10H14.C6H12O4.2C2H6/c1-2-6-12-10-14-8-4-3-7-13(14)9-11(12)5-1;1-2-6-10-8-4-3-7-9(10)5-1;1-3-9-5-7-10(4-2)8-6-9;1-5(7)10-4-6(8)3-9-2;2*1-2/h1-10H;1-8H;5-8H,3-4H2,1-2H3;6,8H,3-4H2,1-2H3;2*1-2H3. The summed E-state index contributed by atoms with van der Waals surface area (Å²) in [7, 11) is 1.47. The first-order valence-corrected chi connectivity index (χ1v) is 17.1. The summed E-state index contributed by atoms with van der Waals surface area (Å²) in [5.74, 6) is -0.393. The van der Waals surface area contributed by atoms with Crippen LogP contribution in [0.25, 0.3) is 32.3 Å². The molecule has 48 heavy (non-hydrogen) atoms. The van der Waals surface area contributed by atoms with Gasteiger partial charge in [0, 0.05) is 14.0 Å². The Bertz CT molecular complexity index is 1500. The highest BCUT2D eigenvalue weighted by atomic mass is 16.5. The fourth-order valence-electron chi connectivity index (χ4n) is 4.48. The van der Waals surface area contributed by atoms with Gasteiger partial charge in [-0.1, -0.05) is 163 Å². The van der Waals surface area contributed by atoms with E-state index in [0.29, 0.717) is 0 Å². The number of fused-ring (bicyclic) bond motifs is 3. The van der Waals surface area contributed by atoms with Crippen LogP contribution in [0, 0.1) is 0 Å². The van der Waals surface area contributed by atoms with Gasteiger partial charge in [0.1, 0.15) is 12.7 Å². The normalized spacial score (nSPS) is 10.2. The quantitative estimate of drug-likeness (QED) is 0.144. The third-order valence-electron chi connectivity index (χ3n) is 6.95. The zero-order chi connectivity index (χ0) is 35.6. The summed E-state index contributed by atoms with van der Waals surface area (Å²) in [6.45, 7) is 13.8. The molecule has 0 heterocycles. The molecule has 0 aromatic heterocycles. The van der Waals surface area contributed by atoms with Crippen molar-refractivity contribution in [1.82, 2.24) is 0 Å². The minimum absolute atomic E-state index is 0.00315. The first-order valence-electron chi connectivity index (χ1n) is 17.1. The van der Waals surface area contributed by atoms with Crippen LogP contribution in [0.1, 0.15) is 59.6 Å². The number of hydrogen-bond donors (Lipinski definition) is 1. The average Bonchev–Trinajstić information content (AvgIpc) is 3.15. The third kappa shape index (κ3) is 15.9. The smallest absolute Gasteiger partial charge is 0.302 e. The van der Waals surface area contributed by atoms with Crippen LogP contribution >= 0.6 is 0 Å². The van der Waals surface area contributed by atoms with Gasteiger partial charge in [-0.25, -0.2) is 0 Å². The molecule has 0 aliphatic rings. The number of aliphatic hydroxyl groups excluding tert-OH is 1. The lowest BCUT2D eigenvalue weighted by Gasteiger charge is -2.07. The molecule has 0 saturated heterocycles. The van der Waals surface area contributed by atoms with E-state index in [4.69, 9.17) is 5.11 Å². The van der Waals surface area contributed by atoms with Crippen LogP contribution in [0.2, 0.25) is 0 Å². The lowest BCUT2D eigenvalue weighted by atomic mass is 10.0. The van der Waals surface area contributed by atoms with E-state index >= 15 is 0 Å². The highest BCUT2D eigenvalue weighted by Crippen LogP contribution is 2.22. The van der Waals surface area contributed by atoms with E-state index in [1.165, 1.54) is 57.5 Å². The topological polar surface area (TPSA) is 55.8 Å². The van der Waals surface area contributed by atoms with Crippen molar-refractivity contribution in [2.75, 3.05) is 20.3 Å². The number of carbonyl (C=O) groups is 1. The molecule has 1 N–H and O–H groups in total. The summed E-state index contributed by atoms with van der Waals surface area (Å²) >= 11 is 0. The molecule has 0 bridgehead atoms. The number of rotatable bonds is 6. The Hall–Kier alpha value is -4.51. The first-order chi connectivity index (χ1) is 23.4. The minimum Gasteiger partial charge on any atom is -0.463 e. The molecule has 0 aliphatic heterocycles. The zero-order valence-corrected chi connectivity index (χ0v) is 30.3. The predicted octanol–water partition coefficient (Wildman–Crippen LogP) is 11.3. The second-order valence-corrected chi connectivity index (χ2v) is 10.3. The number of aliphatic hydroxyl groups is 1. The SMILES string of the molecule is CC.CC.CCc1ccc(CC)cc1.COCC(O)COC(C)=O.c1ccc2cc3ccccc3cc2c1.c1ccc2ccccc2c1. The molecule has 1 unspecified atom stereocenters. The van der Waals surface area contributed by atoms with Crippen LogP contribution in [0.15, 0.2) is 133 Å². The van der Waals surface area contributed by atoms with Gasteiger partial charge >= 0.3 is 5.97 Å². The molecular weight excluding hydrogens is 592 g/mol. The van der Waals surface area contributed by atoms with Crippen molar-refractivity contribution in [3.8, 4) is 0 Å². The van der Waals surface area contributed by atoms with E-state index in [0.717, 1.165) is 12.8 Å². The van der Waals surface area contributed by atoms with Crippen LogP contribution < -0.4 is 0 Å². The summed E-state index contributed by atoms with van der Waals surface area (Å²) in [5, 5.41) is 16.8. The Morgan fingerprint density at radius 3 is 1.08 bits per heavy atom. The summed E-state index contributed by atoms with van der Waals surface area (Å²) < 4.78 is 9.08. The van der Waals surface area contributed by atoms with Gasteiger partial charge in [0.15, 0.2) is 0 Å². The molecule has 0 radical (unpaired) electrons. The van der Waals surface area contributed by atoms with Crippen LogP contribution in [-0.4, -0.2) is 37.5 Å². The second-order valence-electron chi connectivity index (χ2n) is 10.3. The molecule has 0 fully saturated rings. The minimum atomic E-state index is -0.714. The number of ether oxygens (including phenoxy) is 2. The largest absolute Gasteiger partial charge is 0.463 e. The number of carbonyl (C=O) groups excluding carboxylic acids is 1. The average molecular weight is 649 g/mol. The van der Waals surface area contributed by atoms with Crippen molar-refractivity contribution in [1.29, 1.82) is 0 Å². The van der Waals surface area contributed by atoms with Gasteiger partial charge in [0.05, 0.1) is 6.61 Å². The fourth-order valence-corrected chi connectivity index (χ4v) is 4.48. The van der Waals surface area contributed by atoms with Crippen molar-refractivity contribution < 1.29 is 19.4 Å². The Kier molecular flexibility index (Phi) is 22.1. The maximum Gasteiger partial charge on any atom is 0.302 e. The maximum atomic E-state index is 10.2. The van der Waals surface area contributed by atoms with E-state index in [1.807, 2.05) is 27.7 Å². The molecule has 0 amide bonds. The highest BCUT2D eigenvalue weighted by molar-refractivity contribution is 5.98. The third-order valence-corrected chi connectivity index (χ3v) is 6.95. The van der Waals surface area contributed by atoms with Crippen molar-refractivity contribution in [3.63, 3.8) is 0 Å². The molecule has 6 aromatic carbocycles. The van der Waals surface area contributed by atoms with Gasteiger partial charge in [0.2, 0.25) is 0 Å². The molecule has 0 saturated carbocycles. The number of aryl methyl sites for hydroxylation is 2. The monoisotopic (exact) mass is 648 g/mol. The molecular formula is C44H56O4. The lowest BCUT2D eigenvalue weighted by Crippen LogP contribution is -2.22. The molecule has 6 rings (SSSR count). The molecule has 6 aromatic rings. The number of benzene rings is 6. The molecule has 0 spiro atoms. The fraction of sp³-hybridized carbons (Fsp3) is 0.295. The zero-order valence-electron chi connectivity index (χ0n) is 30.3. The molecule has 4 heteroatoms. The van der Waals surface area contributed by atoms with Crippen LogP contribution in [0.3, 0.4) is 0 Å². The van der Waals surface area contributed by atoms with Crippen molar-refractivity contribution in [3.05, 3.63) is 145 Å². The number of hydrogen-bond acceptors (Lipinski definition) is 4. The van der Waals surface area contributed by atoms with Crippen molar-refractivity contribution in [2.45, 2.75) is 67.4 Å². The first kappa shape index (κ1) is 41.5. The van der Waals surface area contributed by atoms with Gasteiger partial charge in [-0.15, -0.1) is 0 Å².